The van der Waals surface area contributed by atoms with Crippen LogP contribution in [-0.4, -0.2) is 26.4 Å². The van der Waals surface area contributed by atoms with Crippen LogP contribution < -0.4 is 5.32 Å². The fraction of sp³-hybridized carbons (Fsp3) is 0.423. The first-order valence-electron chi connectivity index (χ1n) is 11.3. The van der Waals surface area contributed by atoms with Gasteiger partial charge in [-0.2, -0.15) is 0 Å². The van der Waals surface area contributed by atoms with Gasteiger partial charge < -0.3 is 9.88 Å². The summed E-state index contributed by atoms with van der Waals surface area (Å²) in [6.45, 7) is 13.8. The van der Waals surface area contributed by atoms with Gasteiger partial charge in [-0.1, -0.05) is 82.8 Å². The molecule has 1 N–H and O–H groups in total. The van der Waals surface area contributed by atoms with Gasteiger partial charge in [0.05, 0.1) is 5.75 Å². The first-order chi connectivity index (χ1) is 15.2. The van der Waals surface area contributed by atoms with Gasteiger partial charge in [0.1, 0.15) is 0 Å². The van der Waals surface area contributed by atoms with Gasteiger partial charge in [-0.15, -0.1) is 10.2 Å². The molecule has 0 fully saturated rings. The predicted octanol–water partition coefficient (Wildman–Crippen LogP) is 6.51. The van der Waals surface area contributed by atoms with Gasteiger partial charge >= 0.3 is 0 Å². The fourth-order valence-electron chi connectivity index (χ4n) is 3.47. The van der Waals surface area contributed by atoms with Crippen LogP contribution in [0.25, 0.3) is 11.4 Å². The average Bonchev–Trinajstić information content (AvgIpc) is 3.20. The molecule has 0 aliphatic carbocycles. The SMILES string of the molecule is CC[C@@H](C)c1ccc(NC(=O)CSc2nnc(-c3ccc(C(C)(C)C)cc3)n2CC)cc1. The first-order valence-corrected chi connectivity index (χ1v) is 12.3. The van der Waals surface area contributed by atoms with Crippen LogP contribution in [0.4, 0.5) is 5.69 Å². The molecule has 0 bridgehead atoms. The van der Waals surface area contributed by atoms with Gasteiger partial charge in [0.25, 0.3) is 0 Å². The molecule has 0 unspecified atom stereocenters. The Balaban J connectivity index is 1.64. The van der Waals surface area contributed by atoms with Crippen LogP contribution in [0.1, 0.15) is 65.0 Å². The maximum absolute atomic E-state index is 12.5. The van der Waals surface area contributed by atoms with Gasteiger partial charge in [0.15, 0.2) is 11.0 Å². The van der Waals surface area contributed by atoms with E-state index in [1.54, 1.807) is 0 Å². The molecule has 1 amide bonds. The molecule has 0 aliphatic heterocycles. The van der Waals surface area contributed by atoms with Crippen molar-refractivity contribution >= 4 is 23.4 Å². The Morgan fingerprint density at radius 3 is 2.25 bits per heavy atom. The van der Waals surface area contributed by atoms with Crippen molar-refractivity contribution in [1.82, 2.24) is 14.8 Å². The summed E-state index contributed by atoms with van der Waals surface area (Å²) in [5, 5.41) is 12.5. The summed E-state index contributed by atoms with van der Waals surface area (Å²) < 4.78 is 2.06. The minimum absolute atomic E-state index is 0.0481. The van der Waals surface area contributed by atoms with E-state index in [4.69, 9.17) is 0 Å². The highest BCUT2D eigenvalue weighted by molar-refractivity contribution is 7.99. The van der Waals surface area contributed by atoms with Crippen LogP contribution in [0.15, 0.2) is 53.7 Å². The Morgan fingerprint density at radius 1 is 1.03 bits per heavy atom. The van der Waals surface area contributed by atoms with Crippen LogP contribution in [0.5, 0.6) is 0 Å². The molecule has 2 aromatic carbocycles. The molecule has 1 aromatic heterocycles. The van der Waals surface area contributed by atoms with Crippen molar-refractivity contribution in [3.63, 3.8) is 0 Å². The van der Waals surface area contributed by atoms with E-state index >= 15 is 0 Å². The van der Waals surface area contributed by atoms with Crippen LogP contribution in [0, 0.1) is 0 Å². The third-order valence-corrected chi connectivity index (χ3v) is 6.72. The lowest BCUT2D eigenvalue weighted by molar-refractivity contribution is -0.113. The third-order valence-electron chi connectivity index (χ3n) is 5.75. The lowest BCUT2D eigenvalue weighted by Crippen LogP contribution is -2.14. The average molecular weight is 451 g/mol. The number of carbonyl (C=O) groups excluding carboxylic acids is 1. The maximum atomic E-state index is 12.5. The zero-order valence-corrected chi connectivity index (χ0v) is 20.8. The summed E-state index contributed by atoms with van der Waals surface area (Å²) in [5.74, 6) is 1.59. The van der Waals surface area contributed by atoms with Crippen LogP contribution in [-0.2, 0) is 16.8 Å². The zero-order chi connectivity index (χ0) is 23.3. The minimum Gasteiger partial charge on any atom is -0.325 e. The minimum atomic E-state index is -0.0481. The number of benzene rings is 2. The molecule has 170 valence electrons. The van der Waals surface area contributed by atoms with Gasteiger partial charge in [-0.3, -0.25) is 4.79 Å². The molecule has 1 heterocycles. The molecule has 32 heavy (non-hydrogen) atoms. The van der Waals surface area contributed by atoms with Crippen LogP contribution in [0.3, 0.4) is 0 Å². The van der Waals surface area contributed by atoms with Crippen molar-refractivity contribution in [2.45, 2.75) is 71.0 Å². The van der Waals surface area contributed by atoms with Crippen molar-refractivity contribution in [2.24, 2.45) is 0 Å². The van der Waals surface area contributed by atoms with E-state index in [0.717, 1.165) is 35.2 Å². The molecule has 0 radical (unpaired) electrons. The third kappa shape index (κ3) is 5.80. The van der Waals surface area contributed by atoms with Crippen molar-refractivity contribution in [3.05, 3.63) is 59.7 Å². The predicted molar refractivity (Wildman–Crippen MR) is 134 cm³/mol. The van der Waals surface area contributed by atoms with E-state index in [-0.39, 0.29) is 17.1 Å². The molecule has 5 nitrogen and oxygen atoms in total. The summed E-state index contributed by atoms with van der Waals surface area (Å²) in [6.07, 6.45) is 1.10. The molecule has 3 rings (SSSR count). The number of amides is 1. The topological polar surface area (TPSA) is 59.8 Å². The number of carbonyl (C=O) groups is 1. The highest BCUT2D eigenvalue weighted by atomic mass is 32.2. The number of aromatic nitrogens is 3. The highest BCUT2D eigenvalue weighted by Gasteiger charge is 2.17. The first kappa shape index (κ1) is 24.1. The second-order valence-corrected chi connectivity index (χ2v) is 10.1. The zero-order valence-electron chi connectivity index (χ0n) is 20.0. The molecule has 6 heteroatoms. The standard InChI is InChI=1S/C26H34N4OS/c1-7-18(3)19-11-15-22(16-12-19)27-23(31)17-32-25-29-28-24(30(25)8-2)20-9-13-21(14-10-20)26(4,5)6/h9-16,18H,7-8,17H2,1-6H3,(H,27,31)/t18-/m1/s1. The Hall–Kier alpha value is -2.60. The van der Waals surface area contributed by atoms with Gasteiger partial charge in [0.2, 0.25) is 5.91 Å². The van der Waals surface area contributed by atoms with E-state index in [0.29, 0.717) is 5.92 Å². The summed E-state index contributed by atoms with van der Waals surface area (Å²) >= 11 is 1.41. The number of nitrogens with one attached hydrogen (secondary N) is 1. The monoisotopic (exact) mass is 450 g/mol. The van der Waals surface area contributed by atoms with Gasteiger partial charge in [-0.25, -0.2) is 0 Å². The van der Waals surface area contributed by atoms with E-state index in [2.05, 4.69) is 98.0 Å². The number of nitrogens with zero attached hydrogens (tertiary/aromatic N) is 3. The second kappa shape index (κ2) is 10.3. The number of thioether (sulfide) groups is 1. The second-order valence-electron chi connectivity index (χ2n) is 9.15. The Labute approximate surface area is 196 Å². The Morgan fingerprint density at radius 2 is 1.69 bits per heavy atom. The van der Waals surface area contributed by atoms with E-state index < -0.39 is 0 Å². The summed E-state index contributed by atoms with van der Waals surface area (Å²) in [5.41, 5.74) is 4.54. The van der Waals surface area contributed by atoms with Crippen molar-refractivity contribution in [1.29, 1.82) is 0 Å². The van der Waals surface area contributed by atoms with E-state index in [1.807, 2.05) is 12.1 Å². The molecule has 0 saturated heterocycles. The van der Waals surface area contributed by atoms with Crippen LogP contribution >= 0.6 is 11.8 Å². The van der Waals surface area contributed by atoms with E-state index in [9.17, 15) is 4.79 Å². The summed E-state index contributed by atoms with van der Waals surface area (Å²) in [6, 6.07) is 16.6. The van der Waals surface area contributed by atoms with Crippen molar-refractivity contribution in [3.8, 4) is 11.4 Å². The molecular weight excluding hydrogens is 416 g/mol. The highest BCUT2D eigenvalue weighted by Crippen LogP contribution is 2.28. The Kier molecular flexibility index (Phi) is 7.77. The quantitative estimate of drug-likeness (QED) is 0.398. The summed E-state index contributed by atoms with van der Waals surface area (Å²) in [4.78, 5) is 12.5. The molecule has 0 spiro atoms. The molecule has 3 aromatic rings. The number of hydrogen-bond donors (Lipinski definition) is 1. The van der Waals surface area contributed by atoms with Crippen LogP contribution in [0.2, 0.25) is 0 Å². The van der Waals surface area contributed by atoms with Crippen molar-refractivity contribution in [2.75, 3.05) is 11.1 Å². The smallest absolute Gasteiger partial charge is 0.234 e. The fourth-order valence-corrected chi connectivity index (χ4v) is 4.27. The maximum Gasteiger partial charge on any atom is 0.234 e. The van der Waals surface area contributed by atoms with Crippen molar-refractivity contribution < 1.29 is 4.79 Å². The van der Waals surface area contributed by atoms with Gasteiger partial charge in [0, 0.05) is 17.8 Å². The lowest BCUT2D eigenvalue weighted by atomic mass is 9.87. The lowest BCUT2D eigenvalue weighted by Gasteiger charge is -2.19. The molecule has 0 aliphatic rings. The number of anilines is 1. The normalized spacial score (nSPS) is 12.6. The van der Waals surface area contributed by atoms with Gasteiger partial charge in [-0.05, 0) is 47.9 Å². The molecular formula is C26H34N4OS. The van der Waals surface area contributed by atoms with E-state index in [1.165, 1.54) is 22.9 Å². The molecule has 0 saturated carbocycles. The summed E-state index contributed by atoms with van der Waals surface area (Å²) in [7, 11) is 0. The number of hydrogen-bond acceptors (Lipinski definition) is 4. The number of rotatable bonds is 8. The molecule has 1 atom stereocenters. The Bertz CT molecular complexity index is 1030. The largest absolute Gasteiger partial charge is 0.325 e.